The number of aromatic carboxylic acids is 1. The summed E-state index contributed by atoms with van der Waals surface area (Å²) in [6.45, 7) is 1.85. The van der Waals surface area contributed by atoms with Gasteiger partial charge in [-0.1, -0.05) is 12.1 Å². The molecule has 0 saturated heterocycles. The van der Waals surface area contributed by atoms with Crippen molar-refractivity contribution in [2.75, 3.05) is 4.72 Å². The highest BCUT2D eigenvalue weighted by atomic mass is 32.2. The van der Waals surface area contributed by atoms with Crippen molar-refractivity contribution in [3.8, 4) is 0 Å². The molecule has 0 unspecified atom stereocenters. The molecule has 0 fully saturated rings. The van der Waals surface area contributed by atoms with E-state index in [0.29, 0.717) is 16.6 Å². The molecule has 4 rings (SSSR count). The number of fused-ring (bicyclic) bond motifs is 3. The minimum Gasteiger partial charge on any atom is -0.478 e. The first kappa shape index (κ1) is 17.8. The van der Waals surface area contributed by atoms with E-state index < -0.39 is 21.6 Å². The number of carboxylic acid groups (broad SMARTS) is 1. The Balaban J connectivity index is 1.92. The van der Waals surface area contributed by atoms with Gasteiger partial charge in [0.1, 0.15) is 5.52 Å². The number of carboxylic acids is 1. The van der Waals surface area contributed by atoms with Gasteiger partial charge in [-0.2, -0.15) is 0 Å². The SMILES string of the molecule is Cc1cccc(NS(=O)(=O)c2ccc3[nH]c(=O)c4[nH]cc(C(=O)O)c4c3c2)c1. The number of aryl methyl sites for hydroxylation is 1. The predicted octanol–water partition coefficient (Wildman–Crippen LogP) is 2.82. The third-order valence-corrected chi connectivity index (χ3v) is 5.81. The second kappa shape index (κ2) is 6.24. The maximum Gasteiger partial charge on any atom is 0.337 e. The zero-order valence-corrected chi connectivity index (χ0v) is 15.4. The Kier molecular flexibility index (Phi) is 3.97. The highest BCUT2D eigenvalue weighted by molar-refractivity contribution is 7.92. The summed E-state index contributed by atoms with van der Waals surface area (Å²) in [6, 6.07) is 11.1. The molecular formula is C19H15N3O5S. The number of sulfonamides is 1. The largest absolute Gasteiger partial charge is 0.478 e. The van der Waals surface area contributed by atoms with E-state index in [1.54, 1.807) is 18.2 Å². The second-order valence-corrected chi connectivity index (χ2v) is 8.08. The Morgan fingerprint density at radius 3 is 2.64 bits per heavy atom. The molecule has 2 aromatic heterocycles. The molecule has 9 heteroatoms. The fourth-order valence-electron chi connectivity index (χ4n) is 3.16. The van der Waals surface area contributed by atoms with Crippen LogP contribution in [0.25, 0.3) is 21.8 Å². The number of rotatable bonds is 4. The fraction of sp³-hybridized carbons (Fsp3) is 0.0526. The van der Waals surface area contributed by atoms with Crippen LogP contribution in [0.15, 0.2) is 58.4 Å². The van der Waals surface area contributed by atoms with E-state index in [4.69, 9.17) is 0 Å². The monoisotopic (exact) mass is 397 g/mol. The summed E-state index contributed by atoms with van der Waals surface area (Å²) in [5.74, 6) is -1.22. The average molecular weight is 397 g/mol. The maximum absolute atomic E-state index is 12.8. The molecule has 0 radical (unpaired) electrons. The van der Waals surface area contributed by atoms with E-state index in [0.717, 1.165) is 5.56 Å². The standard InChI is InChI=1S/C19H15N3O5S/c1-10-3-2-4-11(7-10)22-28(26,27)12-5-6-15-13(8-12)16-14(19(24)25)9-20-17(16)18(23)21-15/h2-9,20,22H,1H3,(H,21,23)(H,24,25). The molecule has 0 aliphatic carbocycles. The third-order valence-electron chi connectivity index (χ3n) is 4.43. The van der Waals surface area contributed by atoms with E-state index in [-0.39, 0.29) is 21.4 Å². The Bertz CT molecular complexity index is 1420. The molecule has 0 spiro atoms. The molecule has 0 saturated carbocycles. The molecule has 4 aromatic rings. The number of aromatic amines is 2. The van der Waals surface area contributed by atoms with Crippen LogP contribution in [0.1, 0.15) is 15.9 Å². The van der Waals surface area contributed by atoms with Crippen LogP contribution >= 0.6 is 0 Å². The summed E-state index contributed by atoms with van der Waals surface area (Å²) in [6.07, 6.45) is 1.22. The van der Waals surface area contributed by atoms with Gasteiger partial charge in [0.2, 0.25) is 0 Å². The van der Waals surface area contributed by atoms with Crippen LogP contribution in [0.2, 0.25) is 0 Å². The summed E-state index contributed by atoms with van der Waals surface area (Å²) in [5, 5.41) is 9.89. The molecule has 4 N–H and O–H groups in total. The number of pyridine rings is 1. The number of hydrogen-bond donors (Lipinski definition) is 4. The number of H-pyrrole nitrogens is 2. The van der Waals surface area contributed by atoms with Crippen molar-refractivity contribution in [1.82, 2.24) is 9.97 Å². The second-order valence-electron chi connectivity index (χ2n) is 6.39. The molecule has 0 bridgehead atoms. The highest BCUT2D eigenvalue weighted by Crippen LogP contribution is 2.27. The van der Waals surface area contributed by atoms with Crippen LogP contribution in [-0.4, -0.2) is 29.5 Å². The van der Waals surface area contributed by atoms with E-state index in [9.17, 15) is 23.1 Å². The molecule has 0 aliphatic heterocycles. The summed E-state index contributed by atoms with van der Waals surface area (Å²) in [4.78, 5) is 28.9. The van der Waals surface area contributed by atoms with E-state index in [1.165, 1.54) is 24.4 Å². The number of nitrogens with one attached hydrogen (secondary N) is 3. The first-order valence-corrected chi connectivity index (χ1v) is 9.74. The Hall–Kier alpha value is -3.59. The first-order chi connectivity index (χ1) is 13.3. The number of carbonyl (C=O) groups is 1. The Labute approximate surface area is 158 Å². The van der Waals surface area contributed by atoms with Crippen molar-refractivity contribution < 1.29 is 18.3 Å². The average Bonchev–Trinajstić information content (AvgIpc) is 3.07. The number of benzene rings is 2. The van der Waals surface area contributed by atoms with Crippen molar-refractivity contribution >= 4 is 43.5 Å². The summed E-state index contributed by atoms with van der Waals surface area (Å²) in [7, 11) is -3.92. The lowest BCUT2D eigenvalue weighted by atomic mass is 10.1. The van der Waals surface area contributed by atoms with Gasteiger partial charge in [-0.15, -0.1) is 0 Å². The van der Waals surface area contributed by atoms with Gasteiger partial charge in [-0.3, -0.25) is 9.52 Å². The zero-order chi connectivity index (χ0) is 20.1. The highest BCUT2D eigenvalue weighted by Gasteiger charge is 2.20. The van der Waals surface area contributed by atoms with Gasteiger partial charge in [0.05, 0.1) is 10.5 Å². The third kappa shape index (κ3) is 2.91. The predicted molar refractivity (Wildman–Crippen MR) is 105 cm³/mol. The molecule has 0 atom stereocenters. The summed E-state index contributed by atoms with van der Waals surface area (Å²) >= 11 is 0. The summed E-state index contributed by atoms with van der Waals surface area (Å²) < 4.78 is 28.1. The molecule has 142 valence electrons. The fourth-order valence-corrected chi connectivity index (χ4v) is 4.24. The van der Waals surface area contributed by atoms with Crippen molar-refractivity contribution in [2.45, 2.75) is 11.8 Å². The Morgan fingerprint density at radius 2 is 1.93 bits per heavy atom. The molecular weight excluding hydrogens is 382 g/mol. The number of hydrogen-bond acceptors (Lipinski definition) is 4. The van der Waals surface area contributed by atoms with E-state index >= 15 is 0 Å². The van der Waals surface area contributed by atoms with Crippen LogP contribution in [-0.2, 0) is 10.0 Å². The summed E-state index contributed by atoms with van der Waals surface area (Å²) in [5.41, 5.74) is 1.15. The minimum absolute atomic E-state index is 0.0487. The quantitative estimate of drug-likeness (QED) is 0.420. The van der Waals surface area contributed by atoms with Gasteiger partial charge >= 0.3 is 5.97 Å². The molecule has 8 nitrogen and oxygen atoms in total. The van der Waals surface area contributed by atoms with Gasteiger partial charge in [0.15, 0.2) is 0 Å². The van der Waals surface area contributed by atoms with Crippen LogP contribution in [0, 0.1) is 6.92 Å². The van der Waals surface area contributed by atoms with Gasteiger partial charge < -0.3 is 15.1 Å². The normalized spacial score (nSPS) is 11.8. The minimum atomic E-state index is -3.92. The lowest BCUT2D eigenvalue weighted by Gasteiger charge is -2.10. The maximum atomic E-state index is 12.8. The zero-order valence-electron chi connectivity index (χ0n) is 14.6. The molecule has 2 heterocycles. The van der Waals surface area contributed by atoms with Gasteiger partial charge in [-0.25, -0.2) is 13.2 Å². The lowest BCUT2D eigenvalue weighted by molar-refractivity contribution is 0.0699. The first-order valence-electron chi connectivity index (χ1n) is 8.26. The Morgan fingerprint density at radius 1 is 1.14 bits per heavy atom. The van der Waals surface area contributed by atoms with Crippen LogP contribution in [0.4, 0.5) is 5.69 Å². The van der Waals surface area contributed by atoms with Crippen LogP contribution < -0.4 is 10.3 Å². The van der Waals surface area contributed by atoms with Gasteiger partial charge in [-0.05, 0) is 42.8 Å². The lowest BCUT2D eigenvalue weighted by Crippen LogP contribution is -2.13. The molecule has 0 aliphatic rings. The van der Waals surface area contributed by atoms with Crippen molar-refractivity contribution in [2.24, 2.45) is 0 Å². The van der Waals surface area contributed by atoms with Gasteiger partial charge in [0, 0.05) is 28.2 Å². The molecule has 2 aromatic carbocycles. The van der Waals surface area contributed by atoms with Gasteiger partial charge in [0.25, 0.3) is 15.6 Å². The smallest absolute Gasteiger partial charge is 0.337 e. The number of aromatic nitrogens is 2. The topological polar surface area (TPSA) is 132 Å². The van der Waals surface area contributed by atoms with Crippen LogP contribution in [0.3, 0.4) is 0 Å². The number of anilines is 1. The van der Waals surface area contributed by atoms with Crippen molar-refractivity contribution in [3.63, 3.8) is 0 Å². The van der Waals surface area contributed by atoms with E-state index in [2.05, 4.69) is 14.7 Å². The van der Waals surface area contributed by atoms with Crippen molar-refractivity contribution in [3.05, 3.63) is 70.1 Å². The molecule has 28 heavy (non-hydrogen) atoms. The van der Waals surface area contributed by atoms with Crippen molar-refractivity contribution in [1.29, 1.82) is 0 Å². The van der Waals surface area contributed by atoms with Crippen LogP contribution in [0.5, 0.6) is 0 Å². The van der Waals surface area contributed by atoms with E-state index in [1.807, 2.05) is 13.0 Å². The molecule has 0 amide bonds.